The third-order valence-corrected chi connectivity index (χ3v) is 2.63. The highest BCUT2D eigenvalue weighted by Gasteiger charge is 2.19. The number of hydrogen-bond acceptors (Lipinski definition) is 4. The smallest absolute Gasteiger partial charge is 0.310 e. The van der Waals surface area contributed by atoms with Crippen LogP contribution < -0.4 is 11.0 Å². The average molecular weight is 208 g/mol. The molecule has 2 heterocycles. The van der Waals surface area contributed by atoms with Gasteiger partial charge in [-0.05, 0) is 20.0 Å². The van der Waals surface area contributed by atoms with E-state index in [9.17, 15) is 4.79 Å². The van der Waals surface area contributed by atoms with Gasteiger partial charge in [0, 0.05) is 25.3 Å². The molecule has 1 aromatic rings. The molecule has 2 N–H and O–H groups in total. The van der Waals surface area contributed by atoms with Gasteiger partial charge in [0.05, 0.1) is 11.7 Å². The van der Waals surface area contributed by atoms with Gasteiger partial charge in [-0.1, -0.05) is 0 Å². The minimum atomic E-state index is -0.264. The van der Waals surface area contributed by atoms with E-state index in [0.29, 0.717) is 0 Å². The van der Waals surface area contributed by atoms with Crippen LogP contribution in [0.3, 0.4) is 0 Å². The maximum Gasteiger partial charge on any atom is 0.345 e. The van der Waals surface area contributed by atoms with Gasteiger partial charge >= 0.3 is 5.69 Å². The second-order valence-electron chi connectivity index (χ2n) is 4.06. The van der Waals surface area contributed by atoms with Crippen molar-refractivity contribution in [3.63, 3.8) is 0 Å². The van der Waals surface area contributed by atoms with E-state index in [1.54, 1.807) is 0 Å². The summed E-state index contributed by atoms with van der Waals surface area (Å²) in [5.41, 5.74) is 1.43. The molecule has 1 aliphatic heterocycles. The standard InChI is InChI=1S/C10H16N4O/c1-7-5-8(13-10(15)12-7)9-6-14(2)4-3-11-9/h5,9,11H,3-4,6H2,1-2H3,(H,12,13,15). The molecule has 0 bridgehead atoms. The quantitative estimate of drug-likeness (QED) is 0.662. The van der Waals surface area contributed by atoms with Crippen molar-refractivity contribution in [2.24, 2.45) is 0 Å². The SMILES string of the molecule is Cc1cc(C2CN(C)CCN2)nc(=O)[nH]1. The number of piperazine rings is 1. The lowest BCUT2D eigenvalue weighted by atomic mass is 10.1. The van der Waals surface area contributed by atoms with Crippen LogP contribution in [0.4, 0.5) is 0 Å². The molecule has 15 heavy (non-hydrogen) atoms. The molecule has 1 atom stereocenters. The summed E-state index contributed by atoms with van der Waals surface area (Å²) in [6.07, 6.45) is 0. The van der Waals surface area contributed by atoms with Crippen LogP contribution in [0.5, 0.6) is 0 Å². The molecule has 5 heteroatoms. The maximum absolute atomic E-state index is 11.2. The second-order valence-corrected chi connectivity index (χ2v) is 4.06. The van der Waals surface area contributed by atoms with Crippen molar-refractivity contribution < 1.29 is 0 Å². The van der Waals surface area contributed by atoms with Crippen molar-refractivity contribution in [3.8, 4) is 0 Å². The summed E-state index contributed by atoms with van der Waals surface area (Å²) in [4.78, 5) is 20.1. The third-order valence-electron chi connectivity index (χ3n) is 2.63. The van der Waals surface area contributed by atoms with Crippen LogP contribution >= 0.6 is 0 Å². The minimum absolute atomic E-state index is 0.171. The first kappa shape index (κ1) is 10.3. The Kier molecular flexibility index (Phi) is 2.83. The topological polar surface area (TPSA) is 61.0 Å². The summed E-state index contributed by atoms with van der Waals surface area (Å²) in [6, 6.07) is 2.10. The number of aryl methyl sites for hydroxylation is 1. The highest BCUT2D eigenvalue weighted by atomic mass is 16.1. The van der Waals surface area contributed by atoms with Crippen molar-refractivity contribution in [3.05, 3.63) is 27.9 Å². The summed E-state index contributed by atoms with van der Waals surface area (Å²) in [5.74, 6) is 0. The highest BCUT2D eigenvalue weighted by molar-refractivity contribution is 5.12. The number of nitrogens with one attached hydrogen (secondary N) is 2. The molecule has 1 aromatic heterocycles. The van der Waals surface area contributed by atoms with Crippen molar-refractivity contribution >= 4 is 0 Å². The summed E-state index contributed by atoms with van der Waals surface area (Å²) in [5, 5.41) is 3.36. The van der Waals surface area contributed by atoms with Crippen LogP contribution in [0.1, 0.15) is 17.4 Å². The average Bonchev–Trinajstić information content (AvgIpc) is 2.16. The number of aromatic nitrogens is 2. The molecule has 5 nitrogen and oxygen atoms in total. The van der Waals surface area contributed by atoms with E-state index in [1.165, 1.54) is 0 Å². The first-order valence-corrected chi connectivity index (χ1v) is 5.15. The first-order chi connectivity index (χ1) is 7.15. The van der Waals surface area contributed by atoms with E-state index in [4.69, 9.17) is 0 Å². The zero-order valence-corrected chi connectivity index (χ0v) is 9.08. The first-order valence-electron chi connectivity index (χ1n) is 5.15. The Bertz CT molecular complexity index is 401. The van der Waals surface area contributed by atoms with Crippen molar-refractivity contribution in [1.82, 2.24) is 20.2 Å². The van der Waals surface area contributed by atoms with Gasteiger partial charge in [-0.2, -0.15) is 4.98 Å². The van der Waals surface area contributed by atoms with Crippen LogP contribution in [-0.2, 0) is 0 Å². The molecule has 2 rings (SSSR count). The molecule has 1 unspecified atom stereocenters. The lowest BCUT2D eigenvalue weighted by molar-refractivity contribution is 0.238. The van der Waals surface area contributed by atoms with Gasteiger partial charge in [-0.15, -0.1) is 0 Å². The number of aromatic amines is 1. The molecule has 1 aliphatic rings. The van der Waals surface area contributed by atoms with Gasteiger partial charge in [0.25, 0.3) is 0 Å². The summed E-state index contributed by atoms with van der Waals surface area (Å²) < 4.78 is 0. The lowest BCUT2D eigenvalue weighted by Crippen LogP contribution is -2.44. The second kappa shape index (κ2) is 4.12. The highest BCUT2D eigenvalue weighted by Crippen LogP contribution is 2.13. The van der Waals surface area contributed by atoms with Gasteiger partial charge in [0.15, 0.2) is 0 Å². The number of nitrogens with zero attached hydrogens (tertiary/aromatic N) is 2. The molecule has 0 saturated carbocycles. The van der Waals surface area contributed by atoms with Gasteiger partial charge in [-0.25, -0.2) is 4.79 Å². The van der Waals surface area contributed by atoms with Crippen LogP contribution in [-0.4, -0.2) is 41.5 Å². The number of rotatable bonds is 1. The zero-order valence-electron chi connectivity index (χ0n) is 9.08. The molecule has 1 fully saturated rings. The van der Waals surface area contributed by atoms with E-state index in [0.717, 1.165) is 31.0 Å². The van der Waals surface area contributed by atoms with Crippen molar-refractivity contribution in [1.29, 1.82) is 0 Å². The van der Waals surface area contributed by atoms with Gasteiger partial charge in [-0.3, -0.25) is 0 Å². The van der Waals surface area contributed by atoms with Crippen LogP contribution in [0.15, 0.2) is 10.9 Å². The van der Waals surface area contributed by atoms with Crippen LogP contribution in [0.2, 0.25) is 0 Å². The molecular weight excluding hydrogens is 192 g/mol. The molecule has 1 saturated heterocycles. The Morgan fingerprint density at radius 1 is 1.60 bits per heavy atom. The fourth-order valence-corrected chi connectivity index (χ4v) is 1.88. The largest absolute Gasteiger partial charge is 0.345 e. The summed E-state index contributed by atoms with van der Waals surface area (Å²) in [7, 11) is 2.08. The van der Waals surface area contributed by atoms with Gasteiger partial charge < -0.3 is 15.2 Å². The molecule has 0 spiro atoms. The molecule has 82 valence electrons. The number of hydrogen-bond donors (Lipinski definition) is 2. The normalized spacial score (nSPS) is 22.9. The van der Waals surface area contributed by atoms with Crippen molar-refractivity contribution in [2.45, 2.75) is 13.0 Å². The van der Waals surface area contributed by atoms with Gasteiger partial charge in [0.1, 0.15) is 0 Å². The summed E-state index contributed by atoms with van der Waals surface area (Å²) >= 11 is 0. The predicted octanol–water partition coefficient (Wildman–Crippen LogP) is -0.346. The van der Waals surface area contributed by atoms with Crippen molar-refractivity contribution in [2.75, 3.05) is 26.7 Å². The molecular formula is C10H16N4O. The zero-order chi connectivity index (χ0) is 10.8. The minimum Gasteiger partial charge on any atom is -0.310 e. The number of likely N-dealkylation sites (N-methyl/N-ethyl adjacent to an activating group) is 1. The van der Waals surface area contributed by atoms with Gasteiger partial charge in [0.2, 0.25) is 0 Å². The fourth-order valence-electron chi connectivity index (χ4n) is 1.88. The van der Waals surface area contributed by atoms with E-state index >= 15 is 0 Å². The van der Waals surface area contributed by atoms with Crippen LogP contribution in [0.25, 0.3) is 0 Å². The van der Waals surface area contributed by atoms with Crippen LogP contribution in [0, 0.1) is 6.92 Å². The molecule has 0 aliphatic carbocycles. The Morgan fingerprint density at radius 3 is 3.07 bits per heavy atom. The van der Waals surface area contributed by atoms with E-state index in [1.807, 2.05) is 13.0 Å². The maximum atomic E-state index is 11.2. The molecule has 0 aromatic carbocycles. The monoisotopic (exact) mass is 208 g/mol. The summed E-state index contributed by atoms with van der Waals surface area (Å²) in [6.45, 7) is 4.75. The Labute approximate surface area is 88.5 Å². The third kappa shape index (κ3) is 2.43. The molecule has 0 amide bonds. The predicted molar refractivity (Wildman–Crippen MR) is 57.8 cm³/mol. The van der Waals surface area contributed by atoms with E-state index in [2.05, 4.69) is 27.2 Å². The Hall–Kier alpha value is -1.20. The number of H-pyrrole nitrogens is 1. The lowest BCUT2D eigenvalue weighted by Gasteiger charge is -2.30. The molecule has 0 radical (unpaired) electrons. The van der Waals surface area contributed by atoms with E-state index in [-0.39, 0.29) is 11.7 Å². The van der Waals surface area contributed by atoms with E-state index < -0.39 is 0 Å². The Balaban J connectivity index is 2.24. The fraction of sp³-hybridized carbons (Fsp3) is 0.600. The Morgan fingerprint density at radius 2 is 2.40 bits per heavy atom.